The summed E-state index contributed by atoms with van der Waals surface area (Å²) in [4.78, 5) is 0. The van der Waals surface area contributed by atoms with Crippen molar-refractivity contribution < 1.29 is 8.85 Å². The Morgan fingerprint density at radius 2 is 1.21 bits per heavy atom. The number of unbranched alkanes of at least 4 members (excludes halogenated alkanes) is 12. The monoisotopic (exact) mass is 412 g/mol. The molecule has 0 fully saturated rings. The lowest BCUT2D eigenvalue weighted by molar-refractivity contribution is 0.150. The van der Waals surface area contributed by atoms with Crippen LogP contribution in [0.1, 0.15) is 124 Å². The van der Waals surface area contributed by atoms with Crippen LogP contribution in [-0.2, 0) is 8.85 Å². The summed E-state index contributed by atoms with van der Waals surface area (Å²) in [5, 5.41) is 0. The third kappa shape index (κ3) is 16.8. The first-order valence-electron chi connectivity index (χ1n) is 12.5. The Hall–Kier alpha value is -0.123. The summed E-state index contributed by atoms with van der Waals surface area (Å²) >= 11 is 0. The molecule has 2 atom stereocenters. The fourth-order valence-electron chi connectivity index (χ4n) is 3.56. The van der Waals surface area contributed by atoms with E-state index in [4.69, 9.17) is 8.85 Å². The van der Waals surface area contributed by atoms with Crippen LogP contribution in [0.5, 0.6) is 0 Å². The second kappa shape index (κ2) is 20.2. The maximum absolute atomic E-state index is 6.23. The van der Waals surface area contributed by atoms with E-state index in [2.05, 4.69) is 33.9 Å². The van der Waals surface area contributed by atoms with E-state index in [1.807, 2.05) is 5.70 Å². The van der Waals surface area contributed by atoms with Crippen LogP contribution < -0.4 is 0 Å². The Balaban J connectivity index is 3.63. The lowest BCUT2D eigenvalue weighted by Gasteiger charge is -2.26. The molecule has 0 aliphatic rings. The van der Waals surface area contributed by atoms with Gasteiger partial charge in [-0.15, -0.1) is 6.58 Å². The Morgan fingerprint density at radius 3 is 1.68 bits per heavy atom. The minimum atomic E-state index is -2.18. The van der Waals surface area contributed by atoms with Gasteiger partial charge in [0.1, 0.15) is 0 Å². The predicted octanol–water partition coefficient (Wildman–Crippen LogP) is 8.73. The molecule has 168 valence electrons. The van der Waals surface area contributed by atoms with E-state index >= 15 is 0 Å². The maximum Gasteiger partial charge on any atom is 0.361 e. The average Bonchev–Trinajstić information content (AvgIpc) is 2.71. The Bertz CT molecular complexity index is 335. The highest BCUT2D eigenvalue weighted by atomic mass is 28.4. The van der Waals surface area contributed by atoms with Crippen molar-refractivity contribution in [1.82, 2.24) is 0 Å². The predicted molar refractivity (Wildman–Crippen MR) is 128 cm³/mol. The Morgan fingerprint density at radius 1 is 0.714 bits per heavy atom. The molecule has 0 aromatic rings. The van der Waals surface area contributed by atoms with E-state index < -0.39 is 8.56 Å². The fraction of sp³-hybridized carbons (Fsp3) is 0.920. The normalized spacial score (nSPS) is 14.7. The van der Waals surface area contributed by atoms with Crippen molar-refractivity contribution in [2.24, 2.45) is 5.92 Å². The molecule has 0 radical (unpaired) electrons. The molecule has 0 spiro atoms. The first-order chi connectivity index (χ1) is 13.6. The molecule has 0 aliphatic carbocycles. The van der Waals surface area contributed by atoms with E-state index in [1.165, 1.54) is 96.3 Å². The Kier molecular flexibility index (Phi) is 20.1. The molecule has 0 heterocycles. The van der Waals surface area contributed by atoms with E-state index in [1.54, 1.807) is 0 Å². The van der Waals surface area contributed by atoms with Gasteiger partial charge in [0.15, 0.2) is 0 Å². The first kappa shape index (κ1) is 27.9. The zero-order valence-corrected chi connectivity index (χ0v) is 20.9. The SMILES string of the molecule is C=C[Si](C)(OCCCCCCCCCCCCCC)OCC(CC)CCCC. The van der Waals surface area contributed by atoms with Gasteiger partial charge in [0.2, 0.25) is 0 Å². The summed E-state index contributed by atoms with van der Waals surface area (Å²) in [6, 6.07) is 0. The maximum atomic E-state index is 6.23. The van der Waals surface area contributed by atoms with Gasteiger partial charge in [-0.2, -0.15) is 0 Å². The number of hydrogen-bond donors (Lipinski definition) is 0. The van der Waals surface area contributed by atoms with Crippen LogP contribution >= 0.6 is 0 Å². The van der Waals surface area contributed by atoms with Crippen LogP contribution in [0.2, 0.25) is 6.55 Å². The van der Waals surface area contributed by atoms with Crippen LogP contribution in [0.25, 0.3) is 0 Å². The molecule has 0 saturated carbocycles. The minimum absolute atomic E-state index is 0.668. The summed E-state index contributed by atoms with van der Waals surface area (Å²) in [5.41, 5.74) is 1.96. The molecule has 0 N–H and O–H groups in total. The van der Waals surface area contributed by atoms with Gasteiger partial charge in [0.25, 0.3) is 0 Å². The summed E-state index contributed by atoms with van der Waals surface area (Å²) in [7, 11) is -2.18. The van der Waals surface area contributed by atoms with Gasteiger partial charge >= 0.3 is 8.56 Å². The van der Waals surface area contributed by atoms with Crippen molar-refractivity contribution in [2.45, 2.75) is 130 Å². The van der Waals surface area contributed by atoms with Gasteiger partial charge in [0, 0.05) is 13.2 Å². The lowest BCUT2D eigenvalue weighted by Crippen LogP contribution is -2.38. The van der Waals surface area contributed by atoms with E-state index in [0.717, 1.165) is 19.6 Å². The number of hydrogen-bond acceptors (Lipinski definition) is 2. The van der Waals surface area contributed by atoms with Gasteiger partial charge in [-0.3, -0.25) is 0 Å². The van der Waals surface area contributed by atoms with Crippen LogP contribution in [0.3, 0.4) is 0 Å². The topological polar surface area (TPSA) is 18.5 Å². The molecule has 0 rings (SSSR count). The lowest BCUT2D eigenvalue weighted by atomic mass is 10.0. The molecule has 0 aliphatic heterocycles. The molecule has 0 amide bonds. The van der Waals surface area contributed by atoms with E-state index in [-0.39, 0.29) is 0 Å². The molecule has 3 heteroatoms. The number of rotatable bonds is 22. The zero-order chi connectivity index (χ0) is 20.9. The van der Waals surface area contributed by atoms with Crippen molar-refractivity contribution in [3.05, 3.63) is 12.3 Å². The third-order valence-corrected chi connectivity index (χ3v) is 8.17. The van der Waals surface area contributed by atoms with Gasteiger partial charge in [-0.1, -0.05) is 111 Å². The molecule has 0 saturated heterocycles. The van der Waals surface area contributed by atoms with Crippen LogP contribution in [-0.4, -0.2) is 21.8 Å². The van der Waals surface area contributed by atoms with Gasteiger partial charge in [-0.25, -0.2) is 0 Å². The van der Waals surface area contributed by atoms with Gasteiger partial charge in [0.05, 0.1) is 0 Å². The molecule has 2 unspecified atom stereocenters. The summed E-state index contributed by atoms with van der Waals surface area (Å²) in [6.07, 6.45) is 21.6. The molecule has 0 aromatic heterocycles. The zero-order valence-electron chi connectivity index (χ0n) is 19.9. The van der Waals surface area contributed by atoms with Crippen molar-refractivity contribution in [1.29, 1.82) is 0 Å². The molecular formula is C25H52O2Si. The highest BCUT2D eigenvalue weighted by Crippen LogP contribution is 2.18. The van der Waals surface area contributed by atoms with Gasteiger partial charge < -0.3 is 8.85 Å². The highest BCUT2D eigenvalue weighted by Gasteiger charge is 2.28. The summed E-state index contributed by atoms with van der Waals surface area (Å²) in [5.74, 6) is 0.668. The standard InChI is InChI=1S/C25H52O2Si/c1-6-10-12-13-14-15-16-17-18-19-20-21-23-26-28(5,9-4)27-24-25(8-3)22-11-7-2/h9,25H,4,6-8,10-24H2,1-3,5H3. The summed E-state index contributed by atoms with van der Waals surface area (Å²) in [6.45, 7) is 14.6. The fourth-order valence-corrected chi connectivity index (χ4v) is 4.99. The highest BCUT2D eigenvalue weighted by molar-refractivity contribution is 6.71. The summed E-state index contributed by atoms with van der Waals surface area (Å²) < 4.78 is 12.4. The second-order valence-electron chi connectivity index (χ2n) is 8.69. The Labute approximate surface area is 179 Å². The average molecular weight is 413 g/mol. The molecule has 28 heavy (non-hydrogen) atoms. The van der Waals surface area contributed by atoms with Crippen LogP contribution in [0, 0.1) is 5.92 Å². The van der Waals surface area contributed by atoms with Crippen LogP contribution in [0.4, 0.5) is 0 Å². The third-order valence-electron chi connectivity index (χ3n) is 5.91. The van der Waals surface area contributed by atoms with E-state index in [0.29, 0.717) is 5.92 Å². The van der Waals surface area contributed by atoms with Crippen molar-refractivity contribution in [3.63, 3.8) is 0 Å². The smallest absolute Gasteiger partial charge is 0.361 e. The first-order valence-corrected chi connectivity index (χ1v) is 14.9. The van der Waals surface area contributed by atoms with Crippen LogP contribution in [0.15, 0.2) is 12.3 Å². The second-order valence-corrected chi connectivity index (χ2v) is 11.7. The molecule has 0 aromatic carbocycles. The van der Waals surface area contributed by atoms with Crippen molar-refractivity contribution in [3.8, 4) is 0 Å². The quantitative estimate of drug-likeness (QED) is 0.131. The minimum Gasteiger partial charge on any atom is -0.391 e. The van der Waals surface area contributed by atoms with Crippen molar-refractivity contribution in [2.75, 3.05) is 13.2 Å². The molecule has 2 nitrogen and oxygen atoms in total. The largest absolute Gasteiger partial charge is 0.391 e. The molecular weight excluding hydrogens is 360 g/mol. The molecule has 0 bridgehead atoms. The van der Waals surface area contributed by atoms with Gasteiger partial charge in [-0.05, 0) is 31.0 Å². The van der Waals surface area contributed by atoms with Crippen molar-refractivity contribution >= 4 is 8.56 Å². The van der Waals surface area contributed by atoms with E-state index in [9.17, 15) is 0 Å².